The first-order chi connectivity index (χ1) is 7.38. The molecular formula is C12H24O4. The first kappa shape index (κ1) is 13.9. The number of hydrogen-bond acceptors (Lipinski definition) is 4. The van der Waals surface area contributed by atoms with Crippen molar-refractivity contribution in [2.24, 2.45) is 10.8 Å². The summed E-state index contributed by atoms with van der Waals surface area (Å²) in [5.74, 6) is 0. The Labute approximate surface area is 97.6 Å². The van der Waals surface area contributed by atoms with Gasteiger partial charge in [0.1, 0.15) is 0 Å². The van der Waals surface area contributed by atoms with Gasteiger partial charge in [0.05, 0.1) is 25.9 Å². The van der Waals surface area contributed by atoms with Crippen molar-refractivity contribution in [3.05, 3.63) is 0 Å². The summed E-state index contributed by atoms with van der Waals surface area (Å²) in [6.45, 7) is 8.64. The highest BCUT2D eigenvalue weighted by Gasteiger charge is 2.43. The van der Waals surface area contributed by atoms with Crippen LogP contribution in [0.5, 0.6) is 0 Å². The Morgan fingerprint density at radius 2 is 1.88 bits per heavy atom. The van der Waals surface area contributed by atoms with Gasteiger partial charge in [-0.3, -0.25) is 0 Å². The van der Waals surface area contributed by atoms with Crippen LogP contribution in [-0.2, 0) is 9.47 Å². The van der Waals surface area contributed by atoms with E-state index in [-0.39, 0.29) is 12.0 Å². The van der Waals surface area contributed by atoms with Gasteiger partial charge in [-0.25, -0.2) is 0 Å². The van der Waals surface area contributed by atoms with E-state index in [1.54, 1.807) is 6.92 Å². The predicted octanol–water partition coefficient (Wildman–Crippen LogP) is 1.15. The Hall–Kier alpha value is -0.160. The van der Waals surface area contributed by atoms with Crippen LogP contribution >= 0.6 is 0 Å². The van der Waals surface area contributed by atoms with Crippen LogP contribution in [-0.4, -0.2) is 42.4 Å². The van der Waals surface area contributed by atoms with Gasteiger partial charge in [-0.15, -0.1) is 0 Å². The first-order valence-electron chi connectivity index (χ1n) is 5.90. The standard InChI is InChI=1S/C12H24O4/c1-5-12(6-13)7-15-10(16-8-12)11(3,4)9(2)14/h9-10,13-14H,5-8H2,1-4H3. The minimum atomic E-state index is -0.499. The van der Waals surface area contributed by atoms with Crippen LogP contribution in [0, 0.1) is 10.8 Å². The van der Waals surface area contributed by atoms with Gasteiger partial charge in [-0.2, -0.15) is 0 Å². The third kappa shape index (κ3) is 2.56. The van der Waals surface area contributed by atoms with E-state index >= 15 is 0 Å². The van der Waals surface area contributed by atoms with Crippen molar-refractivity contribution < 1.29 is 19.7 Å². The molecule has 1 heterocycles. The minimum Gasteiger partial charge on any atom is -0.396 e. The molecular weight excluding hydrogens is 208 g/mol. The second kappa shape index (κ2) is 5.00. The van der Waals surface area contributed by atoms with E-state index < -0.39 is 17.8 Å². The van der Waals surface area contributed by atoms with E-state index in [0.29, 0.717) is 13.2 Å². The summed E-state index contributed by atoms with van der Waals surface area (Å²) in [5, 5.41) is 19.0. The fraction of sp³-hybridized carbons (Fsp3) is 1.00. The zero-order valence-corrected chi connectivity index (χ0v) is 10.7. The Balaban J connectivity index is 2.61. The zero-order chi connectivity index (χ0) is 12.4. The predicted molar refractivity (Wildman–Crippen MR) is 61.0 cm³/mol. The molecule has 16 heavy (non-hydrogen) atoms. The molecule has 0 aromatic carbocycles. The van der Waals surface area contributed by atoms with Crippen LogP contribution < -0.4 is 0 Å². The monoisotopic (exact) mass is 232 g/mol. The highest BCUT2D eigenvalue weighted by atomic mass is 16.7. The summed E-state index contributed by atoms with van der Waals surface area (Å²) in [6.07, 6.45) is -0.0785. The van der Waals surface area contributed by atoms with Crippen molar-refractivity contribution in [1.82, 2.24) is 0 Å². The van der Waals surface area contributed by atoms with E-state index in [1.165, 1.54) is 0 Å². The second-order valence-corrected chi connectivity index (χ2v) is 5.46. The lowest BCUT2D eigenvalue weighted by atomic mass is 9.83. The number of ether oxygens (including phenoxy) is 2. The summed E-state index contributed by atoms with van der Waals surface area (Å²) in [4.78, 5) is 0. The minimum absolute atomic E-state index is 0.0747. The van der Waals surface area contributed by atoms with Crippen LogP contribution in [0.25, 0.3) is 0 Å². The molecule has 2 N–H and O–H groups in total. The normalized spacial score (nSPS) is 33.8. The molecule has 0 aromatic rings. The van der Waals surface area contributed by atoms with Crippen LogP contribution in [0.1, 0.15) is 34.1 Å². The van der Waals surface area contributed by atoms with Crippen LogP contribution in [0.2, 0.25) is 0 Å². The van der Waals surface area contributed by atoms with Gasteiger partial charge in [-0.1, -0.05) is 20.8 Å². The average molecular weight is 232 g/mol. The molecule has 0 radical (unpaired) electrons. The maximum Gasteiger partial charge on any atom is 0.165 e. The van der Waals surface area contributed by atoms with Crippen molar-refractivity contribution in [1.29, 1.82) is 0 Å². The first-order valence-corrected chi connectivity index (χ1v) is 5.90. The molecule has 0 aliphatic carbocycles. The summed E-state index contributed by atoms with van der Waals surface area (Å²) in [5.41, 5.74) is -0.708. The molecule has 1 rings (SSSR count). The van der Waals surface area contributed by atoms with Gasteiger partial charge in [0, 0.05) is 10.8 Å². The zero-order valence-electron chi connectivity index (χ0n) is 10.7. The SMILES string of the molecule is CCC1(CO)COC(C(C)(C)C(C)O)OC1. The van der Waals surface area contributed by atoms with Gasteiger partial charge in [-0.05, 0) is 13.3 Å². The van der Waals surface area contributed by atoms with E-state index in [2.05, 4.69) is 0 Å². The maximum atomic E-state index is 9.67. The smallest absolute Gasteiger partial charge is 0.165 e. The fourth-order valence-corrected chi connectivity index (χ4v) is 1.63. The van der Waals surface area contributed by atoms with Gasteiger partial charge < -0.3 is 19.7 Å². The molecule has 96 valence electrons. The molecule has 0 saturated carbocycles. The molecule has 1 unspecified atom stereocenters. The van der Waals surface area contributed by atoms with Crippen LogP contribution in [0.15, 0.2) is 0 Å². The molecule has 0 aromatic heterocycles. The quantitative estimate of drug-likeness (QED) is 0.763. The van der Waals surface area contributed by atoms with E-state index in [1.807, 2.05) is 20.8 Å². The van der Waals surface area contributed by atoms with Gasteiger partial charge >= 0.3 is 0 Å². The molecule has 0 spiro atoms. The molecule has 1 aliphatic heterocycles. The fourth-order valence-electron chi connectivity index (χ4n) is 1.63. The molecule has 4 heteroatoms. The molecule has 1 saturated heterocycles. The Bertz CT molecular complexity index is 211. The van der Waals surface area contributed by atoms with Crippen molar-refractivity contribution in [2.45, 2.75) is 46.5 Å². The lowest BCUT2D eigenvalue weighted by molar-refractivity contribution is -0.286. The number of aliphatic hydroxyl groups excluding tert-OH is 2. The van der Waals surface area contributed by atoms with Gasteiger partial charge in [0.15, 0.2) is 6.29 Å². The van der Waals surface area contributed by atoms with Crippen molar-refractivity contribution in [2.75, 3.05) is 19.8 Å². The highest BCUT2D eigenvalue weighted by molar-refractivity contribution is 4.85. The number of hydrogen-bond donors (Lipinski definition) is 2. The number of rotatable bonds is 4. The van der Waals surface area contributed by atoms with Gasteiger partial charge in [0.25, 0.3) is 0 Å². The molecule has 4 nitrogen and oxygen atoms in total. The molecule has 0 bridgehead atoms. The third-order valence-electron chi connectivity index (χ3n) is 3.85. The topological polar surface area (TPSA) is 58.9 Å². The number of aliphatic hydroxyl groups is 2. The summed E-state index contributed by atoms with van der Waals surface area (Å²) in [6, 6.07) is 0. The van der Waals surface area contributed by atoms with E-state index in [4.69, 9.17) is 9.47 Å². The van der Waals surface area contributed by atoms with Crippen molar-refractivity contribution in [3.8, 4) is 0 Å². The maximum absolute atomic E-state index is 9.67. The van der Waals surface area contributed by atoms with E-state index in [0.717, 1.165) is 6.42 Å². The Morgan fingerprint density at radius 3 is 2.19 bits per heavy atom. The lowest BCUT2D eigenvalue weighted by Crippen LogP contribution is -2.51. The average Bonchev–Trinajstić information content (AvgIpc) is 2.29. The lowest BCUT2D eigenvalue weighted by Gasteiger charge is -2.44. The Morgan fingerprint density at radius 1 is 1.38 bits per heavy atom. The van der Waals surface area contributed by atoms with Crippen molar-refractivity contribution in [3.63, 3.8) is 0 Å². The van der Waals surface area contributed by atoms with E-state index in [9.17, 15) is 10.2 Å². The summed E-state index contributed by atoms with van der Waals surface area (Å²) >= 11 is 0. The van der Waals surface area contributed by atoms with Crippen molar-refractivity contribution >= 4 is 0 Å². The van der Waals surface area contributed by atoms with Crippen LogP contribution in [0.3, 0.4) is 0 Å². The van der Waals surface area contributed by atoms with Gasteiger partial charge in [0.2, 0.25) is 0 Å². The highest BCUT2D eigenvalue weighted by Crippen LogP contribution is 2.36. The molecule has 1 fully saturated rings. The summed E-state index contributed by atoms with van der Waals surface area (Å²) in [7, 11) is 0. The Kier molecular flexibility index (Phi) is 4.35. The van der Waals surface area contributed by atoms with Crippen LogP contribution in [0.4, 0.5) is 0 Å². The summed E-state index contributed by atoms with van der Waals surface area (Å²) < 4.78 is 11.3. The largest absolute Gasteiger partial charge is 0.396 e. The molecule has 0 amide bonds. The molecule has 1 aliphatic rings. The second-order valence-electron chi connectivity index (χ2n) is 5.46. The molecule has 1 atom stereocenters. The third-order valence-corrected chi connectivity index (χ3v) is 3.85.